The first-order valence-corrected chi connectivity index (χ1v) is 12.9. The van der Waals surface area contributed by atoms with Gasteiger partial charge in [0.2, 0.25) is 0 Å². The van der Waals surface area contributed by atoms with Crippen LogP contribution in [-0.2, 0) is 6.54 Å². The molecule has 7 nitrogen and oxygen atoms in total. The lowest BCUT2D eigenvalue weighted by atomic mass is 9.79. The zero-order valence-electron chi connectivity index (χ0n) is 21.3. The Labute approximate surface area is 221 Å². The summed E-state index contributed by atoms with van der Waals surface area (Å²) in [6.07, 6.45) is 11.2. The highest BCUT2D eigenvalue weighted by atomic mass is 16.3. The van der Waals surface area contributed by atoms with Crippen LogP contribution in [0.1, 0.15) is 47.3 Å². The standard InChI is InChI=1S/C31H30N6O/c1-3-21(18-27-20(2)11-12-26(35-27)22-8-5-4-6-9-22)28-29-30(32)33-13-14-37(29)31(36-28)23-16-24(17-23)34-19-25-10-7-15-38-25/h3-15,18,23-24,34H,1,16-17,19H2,2H3,(H2,32,33)/b21-18+/t23-,24+. The highest BCUT2D eigenvalue weighted by molar-refractivity contribution is 5.94. The number of nitrogen functional groups attached to an aromatic ring is 1. The molecule has 5 aromatic rings. The number of benzene rings is 1. The van der Waals surface area contributed by atoms with E-state index in [4.69, 9.17) is 20.1 Å². The van der Waals surface area contributed by atoms with Gasteiger partial charge in [-0.1, -0.05) is 49.1 Å². The van der Waals surface area contributed by atoms with Crippen molar-refractivity contribution in [1.82, 2.24) is 24.7 Å². The lowest BCUT2D eigenvalue weighted by Gasteiger charge is -2.35. The van der Waals surface area contributed by atoms with Gasteiger partial charge in [-0.05, 0) is 49.6 Å². The van der Waals surface area contributed by atoms with E-state index >= 15 is 0 Å². The second kappa shape index (κ2) is 10.1. The average molecular weight is 503 g/mol. The highest BCUT2D eigenvalue weighted by Gasteiger charge is 2.34. The second-order valence-electron chi connectivity index (χ2n) is 9.74. The van der Waals surface area contributed by atoms with Gasteiger partial charge in [-0.2, -0.15) is 0 Å². The lowest BCUT2D eigenvalue weighted by molar-refractivity contribution is 0.272. The van der Waals surface area contributed by atoms with Crippen LogP contribution in [0, 0.1) is 6.92 Å². The average Bonchev–Trinajstić information content (AvgIpc) is 3.57. The van der Waals surface area contributed by atoms with E-state index in [1.54, 1.807) is 12.5 Å². The van der Waals surface area contributed by atoms with Gasteiger partial charge in [0.1, 0.15) is 28.6 Å². The van der Waals surface area contributed by atoms with Crippen molar-refractivity contribution >= 4 is 23.0 Å². The minimum Gasteiger partial charge on any atom is -0.468 e. The third kappa shape index (κ3) is 4.53. The molecule has 0 saturated heterocycles. The van der Waals surface area contributed by atoms with Gasteiger partial charge < -0.3 is 15.5 Å². The van der Waals surface area contributed by atoms with Crippen molar-refractivity contribution < 1.29 is 4.42 Å². The number of fused-ring (bicyclic) bond motifs is 1. The zero-order valence-corrected chi connectivity index (χ0v) is 21.3. The molecule has 4 heterocycles. The molecule has 3 N–H and O–H groups in total. The van der Waals surface area contributed by atoms with E-state index in [2.05, 4.69) is 52.5 Å². The molecule has 1 aromatic carbocycles. The van der Waals surface area contributed by atoms with Crippen LogP contribution in [0.3, 0.4) is 0 Å². The molecule has 1 aliphatic carbocycles. The lowest BCUT2D eigenvalue weighted by Crippen LogP contribution is -2.40. The molecule has 6 rings (SSSR count). The third-order valence-electron chi connectivity index (χ3n) is 7.25. The number of rotatable bonds is 8. The van der Waals surface area contributed by atoms with E-state index < -0.39 is 0 Å². The van der Waals surface area contributed by atoms with Crippen LogP contribution in [0.25, 0.3) is 28.4 Å². The van der Waals surface area contributed by atoms with E-state index in [9.17, 15) is 0 Å². The molecule has 0 radical (unpaired) electrons. The summed E-state index contributed by atoms with van der Waals surface area (Å²) in [5.74, 6) is 2.71. The summed E-state index contributed by atoms with van der Waals surface area (Å²) in [5.41, 5.74) is 12.8. The minimum atomic E-state index is 0.319. The molecule has 0 spiro atoms. The van der Waals surface area contributed by atoms with Crippen LogP contribution in [0.4, 0.5) is 5.82 Å². The Morgan fingerprint density at radius 3 is 2.74 bits per heavy atom. The predicted molar refractivity (Wildman–Crippen MR) is 151 cm³/mol. The number of furan rings is 1. The molecule has 0 atom stereocenters. The molecule has 1 saturated carbocycles. The number of pyridine rings is 1. The number of anilines is 1. The molecule has 0 aliphatic heterocycles. The number of nitrogens with one attached hydrogen (secondary N) is 1. The summed E-state index contributed by atoms with van der Waals surface area (Å²) >= 11 is 0. The van der Waals surface area contributed by atoms with Crippen molar-refractivity contribution in [3.63, 3.8) is 0 Å². The van der Waals surface area contributed by atoms with Crippen molar-refractivity contribution in [2.75, 3.05) is 5.73 Å². The number of aryl methyl sites for hydroxylation is 1. The molecule has 7 heteroatoms. The van der Waals surface area contributed by atoms with E-state index in [-0.39, 0.29) is 0 Å². The monoisotopic (exact) mass is 502 g/mol. The number of allylic oxidation sites excluding steroid dienone is 2. The number of nitrogens with zero attached hydrogens (tertiary/aromatic N) is 4. The fourth-order valence-corrected chi connectivity index (χ4v) is 5.06. The van der Waals surface area contributed by atoms with Crippen molar-refractivity contribution in [3.05, 3.63) is 114 Å². The Bertz CT molecular complexity index is 1610. The van der Waals surface area contributed by atoms with Crippen LogP contribution in [0.5, 0.6) is 0 Å². The van der Waals surface area contributed by atoms with E-state index in [0.717, 1.165) is 70.3 Å². The van der Waals surface area contributed by atoms with Crippen LogP contribution in [-0.4, -0.2) is 25.4 Å². The molecule has 1 aliphatic rings. The Balaban J connectivity index is 1.33. The fourth-order valence-electron chi connectivity index (χ4n) is 5.06. The fraction of sp³-hybridized carbons (Fsp3) is 0.194. The molecule has 0 unspecified atom stereocenters. The maximum atomic E-state index is 6.40. The number of imidazole rings is 1. The van der Waals surface area contributed by atoms with Gasteiger partial charge in [0.05, 0.1) is 24.2 Å². The predicted octanol–water partition coefficient (Wildman–Crippen LogP) is 6.04. The Kier molecular flexibility index (Phi) is 6.35. The first-order valence-electron chi connectivity index (χ1n) is 12.9. The van der Waals surface area contributed by atoms with Gasteiger partial charge in [-0.25, -0.2) is 15.0 Å². The van der Waals surface area contributed by atoms with Gasteiger partial charge in [-0.15, -0.1) is 0 Å². The van der Waals surface area contributed by atoms with Crippen molar-refractivity contribution in [1.29, 1.82) is 0 Å². The smallest absolute Gasteiger partial charge is 0.150 e. The second-order valence-corrected chi connectivity index (χ2v) is 9.74. The summed E-state index contributed by atoms with van der Waals surface area (Å²) in [7, 11) is 0. The molecule has 0 amide bonds. The van der Waals surface area contributed by atoms with Crippen LogP contribution in [0.2, 0.25) is 0 Å². The summed E-state index contributed by atoms with van der Waals surface area (Å²) in [6, 6.07) is 18.6. The SMILES string of the molecule is C=C/C(=C\c1nc(-c2ccccc2)ccc1C)c1nc([C@H]2C[C@@H](NCc3ccco3)C2)n2ccnc(N)c12. The number of nitrogens with two attached hydrogens (primary N) is 1. The van der Waals surface area contributed by atoms with Crippen LogP contribution >= 0.6 is 0 Å². The molecule has 1 fully saturated rings. The van der Waals surface area contributed by atoms with E-state index in [0.29, 0.717) is 17.8 Å². The minimum absolute atomic E-state index is 0.319. The van der Waals surface area contributed by atoms with Gasteiger partial charge >= 0.3 is 0 Å². The van der Waals surface area contributed by atoms with E-state index in [1.807, 2.05) is 48.7 Å². The van der Waals surface area contributed by atoms with Crippen LogP contribution < -0.4 is 11.1 Å². The number of hydrogen-bond acceptors (Lipinski definition) is 6. The largest absolute Gasteiger partial charge is 0.468 e. The Morgan fingerprint density at radius 2 is 1.97 bits per heavy atom. The van der Waals surface area contributed by atoms with Crippen molar-refractivity contribution in [3.8, 4) is 11.3 Å². The highest BCUT2D eigenvalue weighted by Crippen LogP contribution is 2.39. The maximum absolute atomic E-state index is 6.40. The summed E-state index contributed by atoms with van der Waals surface area (Å²) < 4.78 is 7.53. The molecule has 4 aromatic heterocycles. The van der Waals surface area contributed by atoms with Crippen LogP contribution in [0.15, 0.2) is 90.3 Å². The zero-order chi connectivity index (χ0) is 26.1. The molecule has 0 bridgehead atoms. The summed E-state index contributed by atoms with van der Waals surface area (Å²) in [4.78, 5) is 14.5. The van der Waals surface area contributed by atoms with Gasteiger partial charge in [0.15, 0.2) is 0 Å². The first-order chi connectivity index (χ1) is 18.6. The van der Waals surface area contributed by atoms with Crippen molar-refractivity contribution in [2.24, 2.45) is 0 Å². The maximum Gasteiger partial charge on any atom is 0.150 e. The summed E-state index contributed by atoms with van der Waals surface area (Å²) in [5, 5.41) is 3.58. The van der Waals surface area contributed by atoms with Gasteiger partial charge in [0, 0.05) is 35.5 Å². The topological polar surface area (TPSA) is 94.3 Å². The molecular weight excluding hydrogens is 472 g/mol. The first kappa shape index (κ1) is 23.9. The summed E-state index contributed by atoms with van der Waals surface area (Å²) in [6.45, 7) is 6.89. The van der Waals surface area contributed by atoms with Gasteiger partial charge in [0.25, 0.3) is 0 Å². The molecular formula is C31H30N6O. The number of aromatic nitrogens is 4. The number of hydrogen-bond donors (Lipinski definition) is 2. The Morgan fingerprint density at radius 1 is 1.13 bits per heavy atom. The van der Waals surface area contributed by atoms with E-state index in [1.165, 1.54) is 0 Å². The third-order valence-corrected chi connectivity index (χ3v) is 7.25. The Hall–Kier alpha value is -4.49. The molecule has 38 heavy (non-hydrogen) atoms. The quantitative estimate of drug-likeness (QED) is 0.251. The molecule has 190 valence electrons. The van der Waals surface area contributed by atoms with Crippen molar-refractivity contribution in [2.45, 2.75) is 38.3 Å². The normalized spacial score (nSPS) is 17.4. The van der Waals surface area contributed by atoms with Gasteiger partial charge in [-0.3, -0.25) is 4.40 Å².